The summed E-state index contributed by atoms with van der Waals surface area (Å²) in [6, 6.07) is 13.0. The maximum Gasteiger partial charge on any atom is 0.255 e. The van der Waals surface area contributed by atoms with Crippen molar-refractivity contribution in [2.45, 2.75) is 56.3 Å². The Bertz CT molecular complexity index is 1590. The Morgan fingerprint density at radius 3 is 2.60 bits per heavy atom. The summed E-state index contributed by atoms with van der Waals surface area (Å²) in [4.78, 5) is 39.8. The van der Waals surface area contributed by atoms with E-state index >= 15 is 0 Å². The first-order chi connectivity index (χ1) is 20.0. The lowest BCUT2D eigenvalue weighted by Crippen LogP contribution is -2.59. The van der Waals surface area contributed by atoms with Crippen molar-refractivity contribution in [3.8, 4) is 0 Å². The molecule has 0 radical (unpaired) electrons. The molecule has 0 saturated heterocycles. The summed E-state index contributed by atoms with van der Waals surface area (Å²) in [5.41, 5.74) is 10.9. The number of aromatic nitrogens is 1. The van der Waals surface area contributed by atoms with Crippen LogP contribution in [-0.4, -0.2) is 48.5 Å². The summed E-state index contributed by atoms with van der Waals surface area (Å²) >= 11 is 13.0. The number of hydrogen-bond acceptors (Lipinski definition) is 7. The van der Waals surface area contributed by atoms with Gasteiger partial charge in [0.2, 0.25) is 10.0 Å². The molecule has 1 fully saturated rings. The number of hydrogen-bond donors (Lipinski definition) is 3. The number of hydroxylamine groups is 1. The Morgan fingerprint density at radius 1 is 1.10 bits per heavy atom. The second-order valence-electron chi connectivity index (χ2n) is 10.6. The molecule has 1 unspecified atom stereocenters. The molecule has 1 aromatic heterocycles. The molecule has 2 aliphatic rings. The topological polar surface area (TPSA) is 144 Å². The molecule has 2 amide bonds. The molecule has 4 atom stereocenters. The molecule has 42 heavy (non-hydrogen) atoms. The highest BCUT2D eigenvalue weighted by Crippen LogP contribution is 2.48. The normalized spacial score (nSPS) is 22.5. The zero-order chi connectivity index (χ0) is 30.0. The molecule has 0 spiro atoms. The average molecular weight is 633 g/mol. The van der Waals surface area contributed by atoms with Crippen LogP contribution in [0, 0.1) is 0 Å². The second kappa shape index (κ2) is 12.6. The SMILES string of the molecule is CS(=O)(=O)NC1CCCC[C@@H]1N1C(=O)c2ccc(N)cc2[C@@H](C(=O)NOCc2ccccn2)[C@@H]1c1ccc(Cl)cc1Cl. The van der Waals surface area contributed by atoms with E-state index in [9.17, 15) is 18.0 Å². The third-order valence-electron chi connectivity index (χ3n) is 7.63. The van der Waals surface area contributed by atoms with Crippen LogP contribution in [0.15, 0.2) is 60.8 Å². The zero-order valence-corrected chi connectivity index (χ0v) is 25.1. The van der Waals surface area contributed by atoms with Crippen molar-refractivity contribution in [3.63, 3.8) is 0 Å². The van der Waals surface area contributed by atoms with E-state index < -0.39 is 40.0 Å². The van der Waals surface area contributed by atoms with Gasteiger partial charge < -0.3 is 10.6 Å². The Labute approximate surface area is 254 Å². The number of fused-ring (bicyclic) bond motifs is 1. The number of benzene rings is 2. The van der Waals surface area contributed by atoms with Crippen molar-refractivity contribution in [1.29, 1.82) is 0 Å². The number of nitrogen functional groups attached to an aromatic ring is 1. The number of rotatable bonds is 8. The van der Waals surface area contributed by atoms with Crippen molar-refractivity contribution >= 4 is 50.7 Å². The van der Waals surface area contributed by atoms with Crippen LogP contribution in [0.3, 0.4) is 0 Å². The smallest absolute Gasteiger partial charge is 0.255 e. The van der Waals surface area contributed by atoms with Gasteiger partial charge in [0.1, 0.15) is 6.61 Å². The highest BCUT2D eigenvalue weighted by Gasteiger charge is 2.49. The van der Waals surface area contributed by atoms with Gasteiger partial charge in [-0.25, -0.2) is 18.6 Å². The highest BCUT2D eigenvalue weighted by atomic mass is 35.5. The standard InChI is InChI=1S/C29H31Cl2N5O5S/c1-42(39,40)35-24-7-2-3-8-25(24)36-27(21-11-9-17(30)14-23(21)31)26(22-15-18(32)10-12-20(22)29(36)38)28(37)34-41-16-19-6-4-5-13-33-19/h4-6,9-15,24-27,35H,2-3,7-8,16,32H2,1H3,(H,34,37)/t24?,25-,26+,27-/m0/s1. The lowest BCUT2D eigenvalue weighted by Gasteiger charge is -2.49. The number of nitrogens with zero attached hydrogens (tertiary/aromatic N) is 2. The minimum atomic E-state index is -3.60. The van der Waals surface area contributed by atoms with Crippen LogP contribution in [0.4, 0.5) is 5.69 Å². The number of halogens is 2. The van der Waals surface area contributed by atoms with Crippen molar-refractivity contribution < 1.29 is 22.8 Å². The maximum atomic E-state index is 14.3. The van der Waals surface area contributed by atoms with Crippen LogP contribution >= 0.6 is 23.2 Å². The van der Waals surface area contributed by atoms with E-state index in [2.05, 4.69) is 15.2 Å². The summed E-state index contributed by atoms with van der Waals surface area (Å²) in [6.45, 7) is 0.0150. The quantitative estimate of drug-likeness (QED) is 0.247. The first kappa shape index (κ1) is 30.2. The van der Waals surface area contributed by atoms with Crippen molar-refractivity contribution in [2.75, 3.05) is 12.0 Å². The summed E-state index contributed by atoms with van der Waals surface area (Å²) < 4.78 is 27.4. The van der Waals surface area contributed by atoms with Gasteiger partial charge in [0.25, 0.3) is 11.8 Å². The molecule has 1 aliphatic heterocycles. The van der Waals surface area contributed by atoms with Crippen LogP contribution in [0.2, 0.25) is 10.0 Å². The molecule has 3 aromatic rings. The van der Waals surface area contributed by atoms with Crippen molar-refractivity contribution in [3.05, 3.63) is 93.2 Å². The molecule has 2 heterocycles. The first-order valence-corrected chi connectivity index (χ1v) is 16.1. The molecule has 2 aromatic carbocycles. The number of amides is 2. The molecule has 1 saturated carbocycles. The van der Waals surface area contributed by atoms with Crippen molar-refractivity contribution in [2.24, 2.45) is 0 Å². The Kier molecular flexibility index (Phi) is 9.05. The van der Waals surface area contributed by atoms with Crippen LogP contribution in [0.5, 0.6) is 0 Å². The number of carbonyl (C=O) groups is 2. The fourth-order valence-electron chi connectivity index (χ4n) is 5.93. The fraction of sp³-hybridized carbons (Fsp3) is 0.345. The van der Waals surface area contributed by atoms with Gasteiger partial charge in [-0.3, -0.25) is 19.4 Å². The summed E-state index contributed by atoms with van der Waals surface area (Å²) in [5, 5.41) is 0.643. The first-order valence-electron chi connectivity index (χ1n) is 13.5. The fourth-order valence-corrected chi connectivity index (χ4v) is 7.27. The second-order valence-corrected chi connectivity index (χ2v) is 13.2. The van der Waals surface area contributed by atoms with Gasteiger partial charge in [-0.1, -0.05) is 48.2 Å². The molecular formula is C29H31Cl2N5O5S. The van der Waals surface area contributed by atoms with E-state index in [1.165, 1.54) is 0 Å². The van der Waals surface area contributed by atoms with Gasteiger partial charge in [0, 0.05) is 39.6 Å². The highest BCUT2D eigenvalue weighted by molar-refractivity contribution is 7.88. The number of nitrogens with two attached hydrogens (primary N) is 1. The average Bonchev–Trinajstić information content (AvgIpc) is 2.93. The summed E-state index contributed by atoms with van der Waals surface area (Å²) in [7, 11) is -3.60. The van der Waals surface area contributed by atoms with E-state index in [-0.39, 0.29) is 17.5 Å². The summed E-state index contributed by atoms with van der Waals surface area (Å²) in [6.07, 6.45) is 5.33. The molecular weight excluding hydrogens is 601 g/mol. The third-order valence-corrected chi connectivity index (χ3v) is 8.92. The number of anilines is 1. The van der Waals surface area contributed by atoms with E-state index in [1.54, 1.807) is 65.7 Å². The van der Waals surface area contributed by atoms with Gasteiger partial charge in [-0.05, 0) is 66.4 Å². The Balaban J connectivity index is 1.63. The number of carbonyl (C=O) groups excluding carboxylic acids is 2. The maximum absolute atomic E-state index is 14.3. The Hall–Kier alpha value is -3.22. The number of pyridine rings is 1. The van der Waals surface area contributed by atoms with E-state index in [4.69, 9.17) is 33.8 Å². The van der Waals surface area contributed by atoms with Gasteiger partial charge in [-0.2, -0.15) is 0 Å². The number of nitrogens with one attached hydrogen (secondary N) is 2. The van der Waals surface area contributed by atoms with Crippen LogP contribution in [-0.2, 0) is 26.3 Å². The molecule has 222 valence electrons. The molecule has 10 nitrogen and oxygen atoms in total. The minimum Gasteiger partial charge on any atom is -0.399 e. The third kappa shape index (κ3) is 6.55. The van der Waals surface area contributed by atoms with E-state index in [1.807, 2.05) is 0 Å². The predicted octanol–water partition coefficient (Wildman–Crippen LogP) is 4.36. The summed E-state index contributed by atoms with van der Waals surface area (Å²) in [5.74, 6) is -1.90. The van der Waals surface area contributed by atoms with E-state index in [0.29, 0.717) is 45.9 Å². The zero-order valence-electron chi connectivity index (χ0n) is 22.8. The lowest BCUT2D eigenvalue weighted by atomic mass is 9.76. The van der Waals surface area contributed by atoms with Gasteiger partial charge in [0.15, 0.2) is 0 Å². The lowest BCUT2D eigenvalue weighted by molar-refractivity contribution is -0.138. The molecule has 5 rings (SSSR count). The molecule has 4 N–H and O–H groups in total. The van der Waals surface area contributed by atoms with Crippen LogP contribution in [0.1, 0.15) is 64.8 Å². The van der Waals surface area contributed by atoms with Gasteiger partial charge >= 0.3 is 0 Å². The Morgan fingerprint density at radius 2 is 1.88 bits per heavy atom. The largest absolute Gasteiger partial charge is 0.399 e. The van der Waals surface area contributed by atoms with Crippen molar-refractivity contribution in [1.82, 2.24) is 20.1 Å². The van der Waals surface area contributed by atoms with Gasteiger partial charge in [0.05, 0.1) is 23.9 Å². The number of sulfonamides is 1. The predicted molar refractivity (Wildman–Crippen MR) is 160 cm³/mol. The molecule has 13 heteroatoms. The molecule has 0 bridgehead atoms. The minimum absolute atomic E-state index is 0.0150. The monoisotopic (exact) mass is 631 g/mol. The van der Waals surface area contributed by atoms with E-state index in [0.717, 1.165) is 19.1 Å². The van der Waals surface area contributed by atoms with Crippen LogP contribution in [0.25, 0.3) is 0 Å². The molecule has 1 aliphatic carbocycles. The van der Waals surface area contributed by atoms with Gasteiger partial charge in [-0.15, -0.1) is 0 Å². The van der Waals surface area contributed by atoms with Crippen LogP contribution < -0.4 is 15.9 Å².